The monoisotopic (exact) mass is 299 g/mol. The number of benzene rings is 1. The Balaban J connectivity index is 2.12. The number of thioether (sulfide) groups is 1. The molecule has 0 radical (unpaired) electrons. The standard InChI is InChI=1S/C16H17N3OS/c1-3-21-15-6-4-5-14(13(15)9-17)18-10-12-7-8-16(20-2)19-11-12/h4-8,11,18H,3,10H2,1-2H3. The van der Waals surface area contributed by atoms with E-state index in [2.05, 4.69) is 23.3 Å². The maximum Gasteiger partial charge on any atom is 0.212 e. The average molecular weight is 299 g/mol. The van der Waals surface area contributed by atoms with Crippen LogP contribution in [0.3, 0.4) is 0 Å². The molecule has 0 spiro atoms. The molecule has 1 aromatic carbocycles. The molecule has 21 heavy (non-hydrogen) atoms. The first-order valence-electron chi connectivity index (χ1n) is 6.67. The fourth-order valence-electron chi connectivity index (χ4n) is 1.90. The summed E-state index contributed by atoms with van der Waals surface area (Å²) in [6, 6.07) is 11.9. The van der Waals surface area contributed by atoms with E-state index in [0.717, 1.165) is 21.9 Å². The van der Waals surface area contributed by atoms with Crippen molar-refractivity contribution in [1.82, 2.24) is 4.98 Å². The van der Waals surface area contributed by atoms with Crippen LogP contribution in [-0.4, -0.2) is 17.8 Å². The molecule has 4 nitrogen and oxygen atoms in total. The van der Waals surface area contributed by atoms with E-state index in [1.165, 1.54) is 0 Å². The lowest BCUT2D eigenvalue weighted by atomic mass is 10.2. The van der Waals surface area contributed by atoms with E-state index in [0.29, 0.717) is 18.0 Å². The Morgan fingerprint density at radius 3 is 2.81 bits per heavy atom. The highest BCUT2D eigenvalue weighted by Crippen LogP contribution is 2.28. The molecule has 0 atom stereocenters. The van der Waals surface area contributed by atoms with Crippen molar-refractivity contribution in [1.29, 1.82) is 5.26 Å². The summed E-state index contributed by atoms with van der Waals surface area (Å²) in [6.07, 6.45) is 1.77. The molecule has 108 valence electrons. The zero-order chi connectivity index (χ0) is 15.1. The van der Waals surface area contributed by atoms with Crippen molar-refractivity contribution in [2.24, 2.45) is 0 Å². The van der Waals surface area contributed by atoms with Crippen LogP contribution in [0.15, 0.2) is 41.4 Å². The number of aromatic nitrogens is 1. The SMILES string of the molecule is CCSc1cccc(NCc2ccc(OC)nc2)c1C#N. The molecule has 0 amide bonds. The Morgan fingerprint density at radius 1 is 1.33 bits per heavy atom. The molecular weight excluding hydrogens is 282 g/mol. The van der Waals surface area contributed by atoms with E-state index < -0.39 is 0 Å². The van der Waals surface area contributed by atoms with Crippen molar-refractivity contribution in [3.05, 3.63) is 47.7 Å². The van der Waals surface area contributed by atoms with Crippen LogP contribution in [0, 0.1) is 11.3 Å². The van der Waals surface area contributed by atoms with Gasteiger partial charge in [-0.2, -0.15) is 5.26 Å². The van der Waals surface area contributed by atoms with E-state index in [1.54, 1.807) is 25.1 Å². The van der Waals surface area contributed by atoms with E-state index >= 15 is 0 Å². The minimum absolute atomic E-state index is 0.595. The number of nitrogens with zero attached hydrogens (tertiary/aromatic N) is 2. The summed E-state index contributed by atoms with van der Waals surface area (Å²) in [5.74, 6) is 1.54. The van der Waals surface area contributed by atoms with Crippen molar-refractivity contribution < 1.29 is 4.74 Å². The number of pyridine rings is 1. The van der Waals surface area contributed by atoms with Gasteiger partial charge in [-0.3, -0.25) is 0 Å². The maximum absolute atomic E-state index is 9.36. The van der Waals surface area contributed by atoms with Gasteiger partial charge in [0.15, 0.2) is 0 Å². The lowest BCUT2D eigenvalue weighted by Crippen LogP contribution is -2.02. The van der Waals surface area contributed by atoms with Gasteiger partial charge in [0.25, 0.3) is 0 Å². The molecule has 0 bridgehead atoms. The molecule has 2 aromatic rings. The summed E-state index contributed by atoms with van der Waals surface area (Å²) < 4.78 is 5.03. The highest BCUT2D eigenvalue weighted by atomic mass is 32.2. The summed E-state index contributed by atoms with van der Waals surface area (Å²) in [4.78, 5) is 5.18. The number of hydrogen-bond donors (Lipinski definition) is 1. The first-order chi connectivity index (χ1) is 10.3. The Labute approximate surface area is 129 Å². The van der Waals surface area contributed by atoms with Gasteiger partial charge in [0.1, 0.15) is 6.07 Å². The molecule has 0 unspecified atom stereocenters. The molecule has 0 aliphatic carbocycles. The van der Waals surface area contributed by atoms with Crippen molar-refractivity contribution >= 4 is 17.4 Å². The predicted molar refractivity (Wildman–Crippen MR) is 85.7 cm³/mol. The minimum atomic E-state index is 0.595. The van der Waals surface area contributed by atoms with Crippen molar-refractivity contribution in [2.45, 2.75) is 18.4 Å². The van der Waals surface area contributed by atoms with E-state index in [9.17, 15) is 5.26 Å². The Hall–Kier alpha value is -2.19. The van der Waals surface area contributed by atoms with Gasteiger partial charge >= 0.3 is 0 Å². The normalized spacial score (nSPS) is 9.95. The van der Waals surface area contributed by atoms with Gasteiger partial charge in [-0.05, 0) is 23.4 Å². The molecule has 0 saturated heterocycles. The summed E-state index contributed by atoms with van der Waals surface area (Å²) >= 11 is 1.68. The van der Waals surface area contributed by atoms with Crippen LogP contribution in [0.25, 0.3) is 0 Å². The van der Waals surface area contributed by atoms with Gasteiger partial charge in [-0.15, -0.1) is 11.8 Å². The maximum atomic E-state index is 9.36. The molecular formula is C16H17N3OS. The zero-order valence-corrected chi connectivity index (χ0v) is 12.9. The fraction of sp³-hybridized carbons (Fsp3) is 0.250. The van der Waals surface area contributed by atoms with E-state index in [4.69, 9.17) is 4.74 Å². The third kappa shape index (κ3) is 3.89. The second-order valence-electron chi connectivity index (χ2n) is 4.29. The largest absolute Gasteiger partial charge is 0.481 e. The zero-order valence-electron chi connectivity index (χ0n) is 12.1. The summed E-state index contributed by atoms with van der Waals surface area (Å²) in [7, 11) is 1.59. The van der Waals surface area contributed by atoms with Crippen LogP contribution < -0.4 is 10.1 Å². The van der Waals surface area contributed by atoms with Crippen molar-refractivity contribution in [3.63, 3.8) is 0 Å². The molecule has 0 fully saturated rings. The van der Waals surface area contributed by atoms with E-state index in [-0.39, 0.29) is 0 Å². The second-order valence-corrected chi connectivity index (χ2v) is 5.59. The highest BCUT2D eigenvalue weighted by molar-refractivity contribution is 7.99. The van der Waals surface area contributed by atoms with E-state index in [1.807, 2.05) is 30.3 Å². The van der Waals surface area contributed by atoms with Crippen LogP contribution in [0.4, 0.5) is 5.69 Å². The Morgan fingerprint density at radius 2 is 2.19 bits per heavy atom. The van der Waals surface area contributed by atoms with Gasteiger partial charge in [0.2, 0.25) is 5.88 Å². The number of ether oxygens (including phenoxy) is 1. The number of methoxy groups -OCH3 is 1. The summed E-state index contributed by atoms with van der Waals surface area (Å²) in [5, 5.41) is 12.7. The molecule has 0 saturated carbocycles. The molecule has 2 rings (SSSR count). The first kappa shape index (κ1) is 15.2. The summed E-state index contributed by atoms with van der Waals surface area (Å²) in [5.41, 5.74) is 2.59. The van der Waals surface area contributed by atoms with Gasteiger partial charge in [0, 0.05) is 23.7 Å². The number of rotatable bonds is 6. The van der Waals surface area contributed by atoms with Gasteiger partial charge in [-0.1, -0.05) is 19.1 Å². The predicted octanol–water partition coefficient (Wildman–Crippen LogP) is 3.69. The second kappa shape index (κ2) is 7.55. The third-order valence-electron chi connectivity index (χ3n) is 2.93. The van der Waals surface area contributed by atoms with Gasteiger partial charge in [-0.25, -0.2) is 4.98 Å². The lowest BCUT2D eigenvalue weighted by Gasteiger charge is -2.11. The fourth-order valence-corrected chi connectivity index (χ4v) is 2.69. The Bertz CT molecular complexity index is 635. The van der Waals surface area contributed by atoms with Gasteiger partial charge in [0.05, 0.1) is 18.4 Å². The molecule has 1 N–H and O–H groups in total. The Kier molecular flexibility index (Phi) is 5.47. The van der Waals surface area contributed by atoms with Crippen molar-refractivity contribution in [3.8, 4) is 11.9 Å². The number of nitrogens with one attached hydrogen (secondary N) is 1. The molecule has 0 aliphatic rings. The molecule has 1 heterocycles. The highest BCUT2D eigenvalue weighted by Gasteiger charge is 2.07. The smallest absolute Gasteiger partial charge is 0.212 e. The number of anilines is 1. The topological polar surface area (TPSA) is 57.9 Å². The minimum Gasteiger partial charge on any atom is -0.481 e. The third-order valence-corrected chi connectivity index (χ3v) is 3.87. The molecule has 1 aromatic heterocycles. The van der Waals surface area contributed by atoms with Crippen LogP contribution in [0.2, 0.25) is 0 Å². The van der Waals surface area contributed by atoms with Crippen molar-refractivity contribution in [2.75, 3.05) is 18.2 Å². The number of hydrogen-bond acceptors (Lipinski definition) is 5. The molecule has 0 aliphatic heterocycles. The molecule has 5 heteroatoms. The quantitative estimate of drug-likeness (QED) is 0.824. The lowest BCUT2D eigenvalue weighted by molar-refractivity contribution is 0.397. The van der Waals surface area contributed by atoms with Crippen LogP contribution in [0.5, 0.6) is 5.88 Å². The number of nitriles is 1. The summed E-state index contributed by atoms with van der Waals surface area (Å²) in [6.45, 7) is 2.70. The van der Waals surface area contributed by atoms with Crippen LogP contribution >= 0.6 is 11.8 Å². The van der Waals surface area contributed by atoms with Gasteiger partial charge < -0.3 is 10.1 Å². The van der Waals surface area contributed by atoms with Crippen LogP contribution in [-0.2, 0) is 6.54 Å². The first-order valence-corrected chi connectivity index (χ1v) is 7.65. The van der Waals surface area contributed by atoms with Crippen LogP contribution in [0.1, 0.15) is 18.1 Å². The average Bonchev–Trinajstić information content (AvgIpc) is 2.54.